The highest BCUT2D eigenvalue weighted by Gasteiger charge is 2.27. The number of rotatable bonds is 3. The molecule has 0 radical (unpaired) electrons. The summed E-state index contributed by atoms with van der Waals surface area (Å²) < 4.78 is 9.05. The quantitative estimate of drug-likeness (QED) is 0.464. The molecule has 148 valence electrons. The summed E-state index contributed by atoms with van der Waals surface area (Å²) in [4.78, 5) is 12.4. The van der Waals surface area contributed by atoms with Crippen LogP contribution in [0.1, 0.15) is 11.3 Å². The molecular formula is C25H21N3O2. The number of carbonyl (C=O) groups excluding carboxylic acids is 1. The van der Waals surface area contributed by atoms with Crippen molar-refractivity contribution in [2.75, 3.05) is 7.11 Å². The number of ether oxygens (including phenoxy) is 1. The van der Waals surface area contributed by atoms with Gasteiger partial charge in [-0.3, -0.25) is 0 Å². The minimum absolute atomic E-state index is 0.339. The second-order valence-electron chi connectivity index (χ2n) is 7.40. The molecule has 5 nitrogen and oxygen atoms in total. The molecule has 0 saturated carbocycles. The summed E-state index contributed by atoms with van der Waals surface area (Å²) in [5, 5.41) is 4.94. The van der Waals surface area contributed by atoms with Gasteiger partial charge in [-0.15, -0.1) is 0 Å². The molecule has 0 bridgehead atoms. The topological polar surface area (TPSA) is 49.0 Å². The Balaban J connectivity index is 1.85. The van der Waals surface area contributed by atoms with E-state index in [1.807, 2.05) is 53.4 Å². The van der Waals surface area contributed by atoms with Gasteiger partial charge in [0.25, 0.3) is 0 Å². The third-order valence-electron chi connectivity index (χ3n) is 5.42. The molecule has 1 aliphatic heterocycles. The lowest BCUT2D eigenvalue weighted by atomic mass is 10.0. The average molecular weight is 395 g/mol. The summed E-state index contributed by atoms with van der Waals surface area (Å²) >= 11 is 0. The molecule has 2 aromatic heterocycles. The van der Waals surface area contributed by atoms with Gasteiger partial charge < -0.3 is 9.30 Å². The summed E-state index contributed by atoms with van der Waals surface area (Å²) in [6.45, 7) is 2.53. The van der Waals surface area contributed by atoms with Crippen molar-refractivity contribution in [3.63, 3.8) is 0 Å². The molecule has 0 atom stereocenters. The van der Waals surface area contributed by atoms with Gasteiger partial charge in [-0.05, 0) is 37.3 Å². The van der Waals surface area contributed by atoms with Gasteiger partial charge in [0.15, 0.2) is 0 Å². The molecule has 0 saturated heterocycles. The van der Waals surface area contributed by atoms with E-state index in [1.54, 1.807) is 0 Å². The highest BCUT2D eigenvalue weighted by Crippen LogP contribution is 2.40. The number of methoxy groups -OCH3 is 1. The van der Waals surface area contributed by atoms with Crippen LogP contribution in [-0.2, 0) is 16.1 Å². The molecule has 1 aliphatic rings. The van der Waals surface area contributed by atoms with E-state index in [0.29, 0.717) is 12.1 Å². The van der Waals surface area contributed by atoms with Crippen LogP contribution >= 0.6 is 0 Å². The van der Waals surface area contributed by atoms with Gasteiger partial charge in [-0.2, -0.15) is 5.10 Å². The lowest BCUT2D eigenvalue weighted by Crippen LogP contribution is -2.11. The number of nitrogens with zero attached hydrogens (tertiary/aromatic N) is 3. The minimum atomic E-state index is -0.339. The number of para-hydroxylation sites is 1. The number of hydrogen-bond acceptors (Lipinski definition) is 3. The van der Waals surface area contributed by atoms with Gasteiger partial charge >= 0.3 is 5.97 Å². The van der Waals surface area contributed by atoms with Crippen LogP contribution in [0.25, 0.3) is 34.3 Å². The first-order chi connectivity index (χ1) is 14.7. The molecule has 0 spiro atoms. The molecule has 4 aromatic rings. The molecule has 0 N–H and O–H groups in total. The monoisotopic (exact) mass is 395 g/mol. The maximum Gasteiger partial charge on any atom is 0.335 e. The van der Waals surface area contributed by atoms with E-state index < -0.39 is 0 Å². The highest BCUT2D eigenvalue weighted by molar-refractivity contribution is 5.97. The van der Waals surface area contributed by atoms with Crippen LogP contribution in [0.5, 0.6) is 0 Å². The van der Waals surface area contributed by atoms with Gasteiger partial charge in [-0.1, -0.05) is 48.0 Å². The smallest absolute Gasteiger partial charge is 0.335 e. The number of esters is 1. The van der Waals surface area contributed by atoms with E-state index in [2.05, 4.69) is 41.8 Å². The van der Waals surface area contributed by atoms with Crippen molar-refractivity contribution in [1.82, 2.24) is 14.3 Å². The second kappa shape index (κ2) is 7.19. The molecule has 0 unspecified atom stereocenters. The summed E-state index contributed by atoms with van der Waals surface area (Å²) in [5.41, 5.74) is 7.59. The SMILES string of the molecule is COC(=O)C1=Cc2nn(-c3ccccc3)c(-c3ccc(C)cc3)c2-c2cccn2C1. The van der Waals surface area contributed by atoms with Crippen molar-refractivity contribution in [3.8, 4) is 28.2 Å². The van der Waals surface area contributed by atoms with Gasteiger partial charge in [-0.25, -0.2) is 9.48 Å². The van der Waals surface area contributed by atoms with Crippen molar-refractivity contribution >= 4 is 12.0 Å². The molecule has 3 heterocycles. The Morgan fingerprint density at radius 3 is 2.50 bits per heavy atom. The molecule has 30 heavy (non-hydrogen) atoms. The van der Waals surface area contributed by atoms with Crippen molar-refractivity contribution < 1.29 is 9.53 Å². The predicted octanol–water partition coefficient (Wildman–Crippen LogP) is 4.89. The first kappa shape index (κ1) is 18.2. The Morgan fingerprint density at radius 2 is 1.77 bits per heavy atom. The zero-order valence-electron chi connectivity index (χ0n) is 16.9. The van der Waals surface area contributed by atoms with Crippen LogP contribution in [0.2, 0.25) is 0 Å². The Kier molecular flexibility index (Phi) is 4.36. The van der Waals surface area contributed by atoms with Crippen LogP contribution in [0.4, 0.5) is 0 Å². The Bertz CT molecular complexity index is 1260. The zero-order chi connectivity index (χ0) is 20.7. The Hall–Kier alpha value is -3.86. The highest BCUT2D eigenvalue weighted by atomic mass is 16.5. The lowest BCUT2D eigenvalue weighted by molar-refractivity contribution is -0.136. The molecular weight excluding hydrogens is 374 g/mol. The fourth-order valence-electron chi connectivity index (χ4n) is 3.95. The van der Waals surface area contributed by atoms with E-state index in [0.717, 1.165) is 33.9 Å². The van der Waals surface area contributed by atoms with E-state index in [4.69, 9.17) is 9.84 Å². The standard InChI is InChI=1S/C25H21N3O2/c1-17-10-12-18(13-11-17)24-23-21(26-28(24)20-7-4-3-5-8-20)15-19(25(29)30-2)16-27-14-6-9-22(23)27/h3-15H,16H2,1-2H3. The fraction of sp³-hybridized carbons (Fsp3) is 0.120. The molecule has 2 aromatic carbocycles. The average Bonchev–Trinajstić information content (AvgIpc) is 3.35. The van der Waals surface area contributed by atoms with Gasteiger partial charge in [0.1, 0.15) is 0 Å². The lowest BCUT2D eigenvalue weighted by Gasteiger charge is -2.12. The van der Waals surface area contributed by atoms with E-state index in [1.165, 1.54) is 12.7 Å². The van der Waals surface area contributed by atoms with Crippen LogP contribution < -0.4 is 0 Å². The van der Waals surface area contributed by atoms with E-state index in [-0.39, 0.29) is 5.97 Å². The Morgan fingerprint density at radius 1 is 1.00 bits per heavy atom. The molecule has 0 fully saturated rings. The van der Waals surface area contributed by atoms with Crippen molar-refractivity contribution in [1.29, 1.82) is 0 Å². The van der Waals surface area contributed by atoms with E-state index >= 15 is 0 Å². The van der Waals surface area contributed by atoms with Gasteiger partial charge in [0.2, 0.25) is 0 Å². The fourth-order valence-corrected chi connectivity index (χ4v) is 3.95. The van der Waals surface area contributed by atoms with Crippen LogP contribution in [0.3, 0.4) is 0 Å². The second-order valence-corrected chi connectivity index (χ2v) is 7.40. The summed E-state index contributed by atoms with van der Waals surface area (Å²) in [5.74, 6) is -0.339. The largest absolute Gasteiger partial charge is 0.466 e. The van der Waals surface area contributed by atoms with Crippen LogP contribution in [0.15, 0.2) is 78.5 Å². The number of carbonyl (C=O) groups is 1. The predicted molar refractivity (Wildman–Crippen MR) is 117 cm³/mol. The number of aromatic nitrogens is 3. The van der Waals surface area contributed by atoms with Gasteiger partial charge in [0, 0.05) is 11.8 Å². The third kappa shape index (κ3) is 2.95. The normalized spacial score (nSPS) is 12.5. The van der Waals surface area contributed by atoms with Crippen LogP contribution in [-0.4, -0.2) is 27.4 Å². The van der Waals surface area contributed by atoms with Gasteiger partial charge in [0.05, 0.1) is 47.6 Å². The summed E-state index contributed by atoms with van der Waals surface area (Å²) in [7, 11) is 1.41. The molecule has 0 aliphatic carbocycles. The molecule has 5 heteroatoms. The maximum absolute atomic E-state index is 12.4. The summed E-state index contributed by atoms with van der Waals surface area (Å²) in [6.07, 6.45) is 3.84. The van der Waals surface area contributed by atoms with Crippen molar-refractivity contribution in [3.05, 3.63) is 89.8 Å². The van der Waals surface area contributed by atoms with E-state index in [9.17, 15) is 4.79 Å². The van der Waals surface area contributed by atoms with Crippen LogP contribution in [0, 0.1) is 6.92 Å². The first-order valence-electron chi connectivity index (χ1n) is 9.85. The molecule has 0 amide bonds. The number of fused-ring (bicyclic) bond motifs is 3. The zero-order valence-corrected chi connectivity index (χ0v) is 16.9. The number of hydrogen-bond donors (Lipinski definition) is 0. The maximum atomic E-state index is 12.4. The molecule has 5 rings (SSSR count). The number of benzene rings is 2. The Labute approximate surface area is 174 Å². The third-order valence-corrected chi connectivity index (χ3v) is 5.42. The summed E-state index contributed by atoms with van der Waals surface area (Å²) in [6, 6.07) is 22.6. The van der Waals surface area contributed by atoms with Crippen molar-refractivity contribution in [2.24, 2.45) is 0 Å². The van der Waals surface area contributed by atoms with Crippen molar-refractivity contribution in [2.45, 2.75) is 13.5 Å². The first-order valence-corrected chi connectivity index (χ1v) is 9.85. The number of aryl methyl sites for hydroxylation is 1. The minimum Gasteiger partial charge on any atom is -0.466 e.